The van der Waals surface area contributed by atoms with Gasteiger partial charge >= 0.3 is 8.03 Å². The molecule has 0 heterocycles. The lowest BCUT2D eigenvalue weighted by atomic mass is 10.9. The summed E-state index contributed by atoms with van der Waals surface area (Å²) in [5.41, 5.74) is 0. The molecule has 5 heteroatoms. The summed E-state index contributed by atoms with van der Waals surface area (Å²) >= 11 is 4.95. The molecule has 0 aliphatic heterocycles. The molecule has 0 saturated heterocycles. The summed E-state index contributed by atoms with van der Waals surface area (Å²) in [5, 5.41) is 8.27. The first-order valence-corrected chi connectivity index (χ1v) is 3.39. The summed E-state index contributed by atoms with van der Waals surface area (Å²) in [7, 11) is -2.49. The third-order valence-electron chi connectivity index (χ3n) is 0.393. The first-order valence-electron chi connectivity index (χ1n) is 1.57. The van der Waals surface area contributed by atoms with Crippen LogP contribution in [-0.2, 0) is 4.57 Å². The molecule has 0 aromatic heterocycles. The zero-order valence-electron chi connectivity index (χ0n) is 3.41. The Morgan fingerprint density at radius 2 is 2.29 bits per heavy atom. The van der Waals surface area contributed by atoms with Crippen molar-refractivity contribution in [2.75, 3.05) is 5.88 Å². The zero-order chi connectivity index (χ0) is 5.86. The Labute approximate surface area is 46.8 Å². The molecule has 0 spiro atoms. The molecule has 42 valence electrons. The monoisotopic (exact) mass is 143 g/mol. The molecule has 0 aliphatic carbocycles. The largest absolute Gasteiger partial charge is 0.538 e. The molecule has 0 amide bonds. The van der Waals surface area contributed by atoms with E-state index in [0.29, 0.717) is 0 Å². The molecule has 0 bridgehead atoms. The predicted octanol–water partition coefficient (Wildman–Crippen LogP) is 0.278. The van der Waals surface area contributed by atoms with Gasteiger partial charge in [-0.15, -0.1) is 11.6 Å². The maximum atomic E-state index is 9.74. The van der Waals surface area contributed by atoms with Gasteiger partial charge in [-0.2, -0.15) is 4.89 Å². The number of alkyl halides is 1. The van der Waals surface area contributed by atoms with Crippen molar-refractivity contribution < 1.29 is 14.6 Å². The van der Waals surface area contributed by atoms with E-state index in [1.54, 1.807) is 0 Å². The normalized spacial score (nSPS) is 16.1. The lowest BCUT2D eigenvalue weighted by molar-refractivity contribution is 0.259. The summed E-state index contributed by atoms with van der Waals surface area (Å²) in [6, 6.07) is 0. The third-order valence-corrected chi connectivity index (χ3v) is 1.59. The van der Waals surface area contributed by atoms with E-state index in [1.165, 1.54) is 0 Å². The summed E-state index contributed by atoms with van der Waals surface area (Å²) in [6.45, 7) is 0. The van der Waals surface area contributed by atoms with Gasteiger partial charge in [-0.1, -0.05) is 0 Å². The van der Waals surface area contributed by atoms with Crippen LogP contribution >= 0.6 is 19.6 Å². The quantitative estimate of drug-likeness (QED) is 0.431. The van der Waals surface area contributed by atoms with Crippen LogP contribution in [0.2, 0.25) is 0 Å². The maximum Gasteiger partial charge on any atom is 0.538 e. The van der Waals surface area contributed by atoms with Gasteiger partial charge in [0.15, 0.2) is 0 Å². The Bertz CT molecular complexity index is 75.3. The number of rotatable bonds is 2. The molecule has 0 fully saturated rings. The van der Waals surface area contributed by atoms with Crippen molar-refractivity contribution in [1.82, 2.24) is 0 Å². The molecular weight excluding hydrogens is 138 g/mol. The molecule has 0 saturated carbocycles. The van der Waals surface area contributed by atoms with Gasteiger partial charge in [-0.05, 0) is 4.57 Å². The molecule has 2 atom stereocenters. The van der Waals surface area contributed by atoms with E-state index in [2.05, 4.69) is 0 Å². The Hall–Kier alpha value is 0.310. The fourth-order valence-corrected chi connectivity index (χ4v) is 0.531. The molecule has 2 N–H and O–H groups in total. The Balaban J connectivity index is 3.34. The van der Waals surface area contributed by atoms with Crippen molar-refractivity contribution >= 4 is 19.6 Å². The average Bonchev–Trinajstić information content (AvgIpc) is 1.65. The number of hydrogen-bond donors (Lipinski definition) is 2. The van der Waals surface area contributed by atoms with Crippen LogP contribution in [0, 0.1) is 0 Å². The first-order chi connectivity index (χ1) is 3.18. The highest BCUT2D eigenvalue weighted by molar-refractivity contribution is 7.38. The molecule has 1 unspecified atom stereocenters. The highest BCUT2D eigenvalue weighted by Crippen LogP contribution is 2.19. The van der Waals surface area contributed by atoms with Gasteiger partial charge in [0.2, 0.25) is 0 Å². The lowest BCUT2D eigenvalue weighted by Crippen LogP contribution is -1.99. The van der Waals surface area contributed by atoms with E-state index in [4.69, 9.17) is 21.6 Å². The van der Waals surface area contributed by atoms with Crippen molar-refractivity contribution in [2.45, 2.75) is 5.85 Å². The predicted molar refractivity (Wildman–Crippen MR) is 26.6 cm³/mol. The maximum absolute atomic E-state index is 9.74. The minimum absolute atomic E-state index is 0.189. The minimum Gasteiger partial charge on any atom is -0.348 e. The molecule has 0 aromatic rings. The van der Waals surface area contributed by atoms with Crippen LogP contribution in [0.1, 0.15) is 0 Å². The molecule has 0 aromatic carbocycles. The molecule has 7 heavy (non-hydrogen) atoms. The second-order valence-electron chi connectivity index (χ2n) is 0.937. The SMILES string of the molecule is O=[P+](O)[C@@H](O)CCl. The van der Waals surface area contributed by atoms with Gasteiger partial charge in [0.05, 0.1) is 5.88 Å². The van der Waals surface area contributed by atoms with Crippen molar-refractivity contribution in [3.8, 4) is 0 Å². The topological polar surface area (TPSA) is 57.5 Å². The smallest absolute Gasteiger partial charge is 0.348 e. The minimum atomic E-state index is -2.49. The second kappa shape index (κ2) is 3.33. The molecular formula is C2H5ClO3P+. The van der Waals surface area contributed by atoms with Crippen LogP contribution in [0.15, 0.2) is 0 Å². The van der Waals surface area contributed by atoms with E-state index >= 15 is 0 Å². The average molecular weight is 143 g/mol. The summed E-state index contributed by atoms with van der Waals surface area (Å²) in [6.07, 6.45) is 0. The van der Waals surface area contributed by atoms with Crippen LogP contribution in [0.25, 0.3) is 0 Å². The van der Waals surface area contributed by atoms with Gasteiger partial charge in [0.1, 0.15) is 0 Å². The van der Waals surface area contributed by atoms with E-state index in [1.807, 2.05) is 0 Å². The van der Waals surface area contributed by atoms with E-state index in [-0.39, 0.29) is 5.88 Å². The molecule has 0 rings (SSSR count). The highest BCUT2D eigenvalue weighted by Gasteiger charge is 2.23. The summed E-state index contributed by atoms with van der Waals surface area (Å²) in [4.78, 5) is 8.00. The second-order valence-corrected chi connectivity index (χ2v) is 2.45. The Kier molecular flexibility index (Phi) is 3.48. The zero-order valence-corrected chi connectivity index (χ0v) is 5.06. The van der Waals surface area contributed by atoms with Crippen molar-refractivity contribution in [1.29, 1.82) is 0 Å². The van der Waals surface area contributed by atoms with Crippen LogP contribution in [0.3, 0.4) is 0 Å². The molecule has 0 aliphatic rings. The summed E-state index contributed by atoms with van der Waals surface area (Å²) in [5.74, 6) is -1.46. The highest BCUT2D eigenvalue weighted by atomic mass is 35.5. The van der Waals surface area contributed by atoms with Crippen molar-refractivity contribution in [3.05, 3.63) is 0 Å². The van der Waals surface area contributed by atoms with Crippen molar-refractivity contribution in [3.63, 3.8) is 0 Å². The van der Waals surface area contributed by atoms with Gasteiger partial charge < -0.3 is 5.11 Å². The van der Waals surface area contributed by atoms with E-state index < -0.39 is 13.9 Å². The van der Waals surface area contributed by atoms with Gasteiger partial charge in [-0.3, -0.25) is 0 Å². The third kappa shape index (κ3) is 2.94. The first kappa shape index (κ1) is 7.31. The summed E-state index contributed by atoms with van der Waals surface area (Å²) < 4.78 is 9.74. The fourth-order valence-electron chi connectivity index (χ4n) is 0.0590. The Morgan fingerprint density at radius 3 is 2.29 bits per heavy atom. The number of hydrogen-bond acceptors (Lipinski definition) is 2. The molecule has 0 radical (unpaired) electrons. The molecule has 3 nitrogen and oxygen atoms in total. The van der Waals surface area contributed by atoms with E-state index in [9.17, 15) is 4.57 Å². The van der Waals surface area contributed by atoms with Crippen LogP contribution in [0.5, 0.6) is 0 Å². The van der Waals surface area contributed by atoms with Gasteiger partial charge in [0, 0.05) is 0 Å². The van der Waals surface area contributed by atoms with Crippen LogP contribution in [0.4, 0.5) is 0 Å². The fraction of sp³-hybridized carbons (Fsp3) is 1.00. The van der Waals surface area contributed by atoms with Crippen molar-refractivity contribution in [2.24, 2.45) is 0 Å². The van der Waals surface area contributed by atoms with E-state index in [0.717, 1.165) is 0 Å². The number of halogens is 1. The lowest BCUT2D eigenvalue weighted by Gasteiger charge is -1.82. The van der Waals surface area contributed by atoms with Crippen LogP contribution in [-0.4, -0.2) is 21.7 Å². The standard InChI is InChI=1S/C2H4ClO3P/c3-1-2(4)7(5)6/h2,4H,1H2/p+1/t2-/m1/s1. The Morgan fingerprint density at radius 1 is 1.86 bits per heavy atom. The number of aliphatic hydroxyl groups is 1. The van der Waals surface area contributed by atoms with Crippen LogP contribution < -0.4 is 0 Å². The van der Waals surface area contributed by atoms with Gasteiger partial charge in [-0.25, -0.2) is 0 Å². The van der Waals surface area contributed by atoms with Gasteiger partial charge in [0.25, 0.3) is 5.85 Å². The number of aliphatic hydroxyl groups excluding tert-OH is 1.